The van der Waals surface area contributed by atoms with E-state index < -0.39 is 0 Å². The van der Waals surface area contributed by atoms with Gasteiger partial charge in [-0.3, -0.25) is 0 Å². The van der Waals surface area contributed by atoms with Crippen LogP contribution in [0.25, 0.3) is 0 Å². The number of hydrogen-bond donors (Lipinski definition) is 1. The van der Waals surface area contributed by atoms with Crippen LogP contribution in [0.1, 0.15) is 45.2 Å². The summed E-state index contributed by atoms with van der Waals surface area (Å²) in [6.07, 6.45) is 6.69. The van der Waals surface area contributed by atoms with Crippen LogP contribution in [0.2, 0.25) is 0 Å². The molecule has 0 atom stereocenters. The average Bonchev–Trinajstić information content (AvgIpc) is 2.80. The lowest BCUT2D eigenvalue weighted by molar-refractivity contribution is 0.524. The molecular formula is C14H23N. The van der Waals surface area contributed by atoms with Crippen molar-refractivity contribution in [3.05, 3.63) is 35.4 Å². The molecular weight excluding hydrogens is 182 g/mol. The highest BCUT2D eigenvalue weighted by Crippen LogP contribution is 2.18. The monoisotopic (exact) mass is 205 g/mol. The van der Waals surface area contributed by atoms with E-state index in [0.717, 1.165) is 19.0 Å². The third-order valence-electron chi connectivity index (χ3n) is 3.38. The standard InChI is InChI=1S/C14H21N.H2/c1-2-12-7-9-13(10-8-12)11-15-14-5-3-4-6-14;/h7-10,14-15H,2-6,11H2,1H3;1H. The predicted octanol–water partition coefficient (Wildman–Crippen LogP) is 3.53. The first-order valence-electron chi connectivity index (χ1n) is 6.19. The van der Waals surface area contributed by atoms with Gasteiger partial charge in [0.25, 0.3) is 0 Å². The third-order valence-corrected chi connectivity index (χ3v) is 3.38. The second-order valence-corrected chi connectivity index (χ2v) is 4.53. The van der Waals surface area contributed by atoms with E-state index in [1.807, 2.05) is 0 Å². The molecule has 2 rings (SSSR count). The fraction of sp³-hybridized carbons (Fsp3) is 0.571. The Balaban J connectivity index is 0.00000128. The Morgan fingerprint density at radius 3 is 2.33 bits per heavy atom. The van der Waals surface area contributed by atoms with Gasteiger partial charge in [-0.2, -0.15) is 0 Å². The molecule has 1 saturated carbocycles. The van der Waals surface area contributed by atoms with Crippen molar-refractivity contribution >= 4 is 0 Å². The maximum Gasteiger partial charge on any atom is 0.0208 e. The minimum absolute atomic E-state index is 0. The number of rotatable bonds is 4. The van der Waals surface area contributed by atoms with Crippen molar-refractivity contribution < 1.29 is 1.43 Å². The van der Waals surface area contributed by atoms with E-state index in [2.05, 4.69) is 36.5 Å². The Hall–Kier alpha value is -0.820. The van der Waals surface area contributed by atoms with Gasteiger partial charge < -0.3 is 5.32 Å². The fourth-order valence-electron chi connectivity index (χ4n) is 2.28. The Labute approximate surface area is 94.4 Å². The van der Waals surface area contributed by atoms with E-state index in [9.17, 15) is 0 Å². The van der Waals surface area contributed by atoms with Gasteiger partial charge in [0.15, 0.2) is 0 Å². The topological polar surface area (TPSA) is 12.0 Å². The number of nitrogens with one attached hydrogen (secondary N) is 1. The molecule has 1 aromatic rings. The molecule has 0 heterocycles. The van der Waals surface area contributed by atoms with Gasteiger partial charge >= 0.3 is 0 Å². The Kier molecular flexibility index (Phi) is 3.79. The summed E-state index contributed by atoms with van der Waals surface area (Å²) in [4.78, 5) is 0. The van der Waals surface area contributed by atoms with Gasteiger partial charge in [-0.25, -0.2) is 0 Å². The van der Waals surface area contributed by atoms with E-state index in [1.165, 1.54) is 36.8 Å². The molecule has 0 unspecified atom stereocenters. The van der Waals surface area contributed by atoms with Crippen molar-refractivity contribution in [1.82, 2.24) is 5.32 Å². The van der Waals surface area contributed by atoms with Crippen LogP contribution in [0, 0.1) is 0 Å². The summed E-state index contributed by atoms with van der Waals surface area (Å²) in [5.74, 6) is 0. The fourth-order valence-corrected chi connectivity index (χ4v) is 2.28. The van der Waals surface area contributed by atoms with Gasteiger partial charge in [-0.15, -0.1) is 0 Å². The molecule has 1 heteroatoms. The van der Waals surface area contributed by atoms with Crippen LogP contribution in [0.4, 0.5) is 0 Å². The van der Waals surface area contributed by atoms with E-state index >= 15 is 0 Å². The summed E-state index contributed by atoms with van der Waals surface area (Å²) < 4.78 is 0. The van der Waals surface area contributed by atoms with Crippen molar-refractivity contribution in [3.8, 4) is 0 Å². The predicted molar refractivity (Wildman–Crippen MR) is 67.0 cm³/mol. The van der Waals surface area contributed by atoms with Gasteiger partial charge in [0.1, 0.15) is 0 Å². The van der Waals surface area contributed by atoms with E-state index in [1.54, 1.807) is 0 Å². The van der Waals surface area contributed by atoms with Crippen LogP contribution >= 0.6 is 0 Å². The van der Waals surface area contributed by atoms with Gasteiger partial charge in [-0.05, 0) is 30.4 Å². The molecule has 1 N–H and O–H groups in total. The summed E-state index contributed by atoms with van der Waals surface area (Å²) in [6, 6.07) is 9.76. The lowest BCUT2D eigenvalue weighted by Crippen LogP contribution is -2.25. The SMILES string of the molecule is CCc1ccc(CNC2CCCC2)cc1.[HH]. The zero-order valence-electron chi connectivity index (χ0n) is 9.63. The molecule has 1 fully saturated rings. The molecule has 0 spiro atoms. The van der Waals surface area contributed by atoms with Crippen molar-refractivity contribution in [1.29, 1.82) is 0 Å². The second-order valence-electron chi connectivity index (χ2n) is 4.53. The highest BCUT2D eigenvalue weighted by Gasteiger charge is 2.13. The van der Waals surface area contributed by atoms with E-state index in [-0.39, 0.29) is 1.43 Å². The van der Waals surface area contributed by atoms with Crippen molar-refractivity contribution in [2.45, 2.75) is 51.6 Å². The second kappa shape index (κ2) is 5.32. The van der Waals surface area contributed by atoms with Crippen LogP contribution in [0.3, 0.4) is 0 Å². The molecule has 84 valence electrons. The quantitative estimate of drug-likeness (QED) is 0.793. The normalized spacial score (nSPS) is 17.1. The lowest BCUT2D eigenvalue weighted by Gasteiger charge is -2.11. The summed E-state index contributed by atoms with van der Waals surface area (Å²) in [5.41, 5.74) is 2.85. The first kappa shape index (κ1) is 10.7. The largest absolute Gasteiger partial charge is 0.310 e. The molecule has 1 aromatic carbocycles. The van der Waals surface area contributed by atoms with Crippen LogP contribution in [0.15, 0.2) is 24.3 Å². The van der Waals surface area contributed by atoms with Crippen LogP contribution < -0.4 is 5.32 Å². The van der Waals surface area contributed by atoms with Crippen LogP contribution in [-0.4, -0.2) is 6.04 Å². The van der Waals surface area contributed by atoms with Crippen molar-refractivity contribution in [3.63, 3.8) is 0 Å². The lowest BCUT2D eigenvalue weighted by atomic mass is 10.1. The highest BCUT2D eigenvalue weighted by atomic mass is 14.9. The molecule has 0 saturated heterocycles. The van der Waals surface area contributed by atoms with Gasteiger partial charge in [0, 0.05) is 14.0 Å². The number of benzene rings is 1. The Morgan fingerprint density at radius 1 is 1.13 bits per heavy atom. The molecule has 0 radical (unpaired) electrons. The summed E-state index contributed by atoms with van der Waals surface area (Å²) in [6.45, 7) is 3.24. The first-order valence-corrected chi connectivity index (χ1v) is 6.19. The van der Waals surface area contributed by atoms with E-state index in [4.69, 9.17) is 0 Å². The third kappa shape index (κ3) is 3.07. The number of hydrogen-bond acceptors (Lipinski definition) is 1. The zero-order valence-corrected chi connectivity index (χ0v) is 9.63. The number of aryl methyl sites for hydroxylation is 1. The molecule has 0 amide bonds. The highest BCUT2D eigenvalue weighted by molar-refractivity contribution is 5.22. The summed E-state index contributed by atoms with van der Waals surface area (Å²) >= 11 is 0. The Bertz CT molecular complexity index is 288. The maximum atomic E-state index is 3.64. The first-order chi connectivity index (χ1) is 7.38. The minimum Gasteiger partial charge on any atom is -0.310 e. The van der Waals surface area contributed by atoms with Gasteiger partial charge in [-0.1, -0.05) is 44.0 Å². The zero-order chi connectivity index (χ0) is 10.5. The molecule has 15 heavy (non-hydrogen) atoms. The van der Waals surface area contributed by atoms with Crippen LogP contribution in [0.5, 0.6) is 0 Å². The van der Waals surface area contributed by atoms with Gasteiger partial charge in [0.05, 0.1) is 0 Å². The van der Waals surface area contributed by atoms with E-state index in [0.29, 0.717) is 0 Å². The smallest absolute Gasteiger partial charge is 0.0208 e. The molecule has 1 aliphatic carbocycles. The summed E-state index contributed by atoms with van der Waals surface area (Å²) in [7, 11) is 0. The Morgan fingerprint density at radius 2 is 1.73 bits per heavy atom. The summed E-state index contributed by atoms with van der Waals surface area (Å²) in [5, 5.41) is 3.64. The minimum atomic E-state index is 0. The molecule has 1 nitrogen and oxygen atoms in total. The van der Waals surface area contributed by atoms with Crippen molar-refractivity contribution in [2.75, 3.05) is 0 Å². The molecule has 0 aliphatic heterocycles. The van der Waals surface area contributed by atoms with Gasteiger partial charge in [0.2, 0.25) is 0 Å². The van der Waals surface area contributed by atoms with Crippen molar-refractivity contribution in [2.24, 2.45) is 0 Å². The maximum absolute atomic E-state index is 3.64. The van der Waals surface area contributed by atoms with Crippen LogP contribution in [-0.2, 0) is 13.0 Å². The molecule has 1 aliphatic rings. The molecule has 0 bridgehead atoms. The molecule has 0 aromatic heterocycles. The average molecular weight is 205 g/mol.